The smallest absolute Gasteiger partial charge is 0.223 e. The Morgan fingerprint density at radius 3 is 2.88 bits per heavy atom. The monoisotopic (exact) mass is 326 g/mol. The first kappa shape index (κ1) is 15.3. The number of hydrazine groups is 2. The van der Waals surface area contributed by atoms with Gasteiger partial charge in [-0.25, -0.2) is 15.8 Å². The molecule has 7 heteroatoms. The van der Waals surface area contributed by atoms with Gasteiger partial charge in [0.05, 0.1) is 18.4 Å². The van der Waals surface area contributed by atoms with E-state index in [-0.39, 0.29) is 11.8 Å². The number of hydrogen-bond acceptors (Lipinski definition) is 5. The van der Waals surface area contributed by atoms with E-state index in [2.05, 4.69) is 31.7 Å². The normalized spacial score (nSPS) is 26.1. The molecule has 2 aromatic rings. The lowest BCUT2D eigenvalue weighted by Crippen LogP contribution is -2.44. The van der Waals surface area contributed by atoms with E-state index in [1.165, 1.54) is 0 Å². The molecule has 1 amide bonds. The van der Waals surface area contributed by atoms with E-state index in [9.17, 15) is 4.79 Å². The van der Waals surface area contributed by atoms with Crippen molar-refractivity contribution >= 4 is 5.91 Å². The van der Waals surface area contributed by atoms with E-state index < -0.39 is 0 Å². The fourth-order valence-corrected chi connectivity index (χ4v) is 3.50. The van der Waals surface area contributed by atoms with Crippen molar-refractivity contribution in [1.29, 1.82) is 0 Å². The standard InChI is InChI=1S/C17H22N6O/c24-17(12-6-7-13-14(8-12)22-23-21-13)19-10-16-18-9-15(20-16)11-4-2-1-3-5-11/h1-5,9,12-14,21-23H,6-8,10H2,(H,18,20)(H,19,24). The van der Waals surface area contributed by atoms with Crippen LogP contribution < -0.4 is 21.7 Å². The Bertz CT molecular complexity index is 700. The predicted molar refractivity (Wildman–Crippen MR) is 90.2 cm³/mol. The SMILES string of the molecule is O=C(NCc1ncc(-c2ccccc2)[nH]1)C1CCC2NNNC2C1. The number of imidazole rings is 1. The highest BCUT2D eigenvalue weighted by Crippen LogP contribution is 2.26. The van der Waals surface area contributed by atoms with Crippen molar-refractivity contribution in [3.63, 3.8) is 0 Å². The van der Waals surface area contributed by atoms with Crippen LogP contribution in [0.5, 0.6) is 0 Å². The second-order valence-electron chi connectivity index (χ2n) is 6.46. The predicted octanol–water partition coefficient (Wildman–Crippen LogP) is 0.843. The number of nitrogens with zero attached hydrogens (tertiary/aromatic N) is 1. The van der Waals surface area contributed by atoms with Crippen molar-refractivity contribution in [3.8, 4) is 11.3 Å². The van der Waals surface area contributed by atoms with E-state index >= 15 is 0 Å². The molecule has 24 heavy (non-hydrogen) atoms. The molecule has 1 saturated heterocycles. The number of aromatic nitrogens is 2. The van der Waals surface area contributed by atoms with Crippen LogP contribution in [0.2, 0.25) is 0 Å². The lowest BCUT2D eigenvalue weighted by Gasteiger charge is -2.29. The molecule has 0 spiro atoms. The molecule has 5 N–H and O–H groups in total. The maximum Gasteiger partial charge on any atom is 0.223 e. The molecule has 7 nitrogen and oxygen atoms in total. The first-order valence-electron chi connectivity index (χ1n) is 8.42. The molecule has 3 atom stereocenters. The van der Waals surface area contributed by atoms with Gasteiger partial charge in [-0.15, -0.1) is 0 Å². The van der Waals surface area contributed by atoms with Crippen LogP contribution in [-0.4, -0.2) is 28.0 Å². The zero-order chi connectivity index (χ0) is 16.4. The van der Waals surface area contributed by atoms with Gasteiger partial charge in [0.25, 0.3) is 0 Å². The fourth-order valence-electron chi connectivity index (χ4n) is 3.50. The zero-order valence-electron chi connectivity index (χ0n) is 13.4. The second-order valence-corrected chi connectivity index (χ2v) is 6.46. The Labute approximate surface area is 140 Å². The third-order valence-electron chi connectivity index (χ3n) is 4.88. The number of fused-ring (bicyclic) bond motifs is 1. The summed E-state index contributed by atoms with van der Waals surface area (Å²) in [6.07, 6.45) is 4.57. The summed E-state index contributed by atoms with van der Waals surface area (Å²) >= 11 is 0. The number of H-pyrrole nitrogens is 1. The van der Waals surface area contributed by atoms with E-state index in [0.29, 0.717) is 18.6 Å². The Balaban J connectivity index is 1.32. The van der Waals surface area contributed by atoms with E-state index in [1.807, 2.05) is 36.5 Å². The van der Waals surface area contributed by atoms with Gasteiger partial charge in [0, 0.05) is 18.0 Å². The van der Waals surface area contributed by atoms with Crippen molar-refractivity contribution in [2.75, 3.05) is 0 Å². The maximum absolute atomic E-state index is 12.4. The number of hydrogen-bond donors (Lipinski definition) is 5. The highest BCUT2D eigenvalue weighted by Gasteiger charge is 2.36. The van der Waals surface area contributed by atoms with Crippen LogP contribution in [0.4, 0.5) is 0 Å². The minimum absolute atomic E-state index is 0.0593. The molecule has 0 radical (unpaired) electrons. The van der Waals surface area contributed by atoms with Gasteiger partial charge in [0.2, 0.25) is 5.91 Å². The van der Waals surface area contributed by atoms with Gasteiger partial charge in [0.15, 0.2) is 0 Å². The number of carbonyl (C=O) groups is 1. The van der Waals surface area contributed by atoms with Gasteiger partial charge in [-0.1, -0.05) is 30.3 Å². The third kappa shape index (κ3) is 3.19. The average Bonchev–Trinajstić information content (AvgIpc) is 3.29. The summed E-state index contributed by atoms with van der Waals surface area (Å²) in [5, 5.41) is 3.01. The molecular formula is C17H22N6O. The van der Waals surface area contributed by atoms with E-state index in [0.717, 1.165) is 36.3 Å². The second kappa shape index (κ2) is 6.72. The fraction of sp³-hybridized carbons (Fsp3) is 0.412. The Morgan fingerprint density at radius 2 is 2.00 bits per heavy atom. The molecule has 2 fully saturated rings. The summed E-state index contributed by atoms with van der Waals surface area (Å²) in [4.78, 5) is 20.0. The van der Waals surface area contributed by atoms with Gasteiger partial charge in [0.1, 0.15) is 5.82 Å². The summed E-state index contributed by atoms with van der Waals surface area (Å²) < 4.78 is 0. The van der Waals surface area contributed by atoms with Crippen LogP contribution in [0, 0.1) is 5.92 Å². The molecule has 4 rings (SSSR count). The highest BCUT2D eigenvalue weighted by atomic mass is 16.1. The quantitative estimate of drug-likeness (QED) is 0.574. The summed E-state index contributed by atoms with van der Waals surface area (Å²) in [5.41, 5.74) is 11.4. The summed E-state index contributed by atoms with van der Waals surface area (Å²) in [6.45, 7) is 0.431. The average molecular weight is 326 g/mol. The minimum Gasteiger partial charge on any atom is -0.349 e. The largest absolute Gasteiger partial charge is 0.349 e. The van der Waals surface area contributed by atoms with Crippen LogP contribution >= 0.6 is 0 Å². The van der Waals surface area contributed by atoms with Crippen molar-refractivity contribution in [2.24, 2.45) is 5.92 Å². The Kier molecular flexibility index (Phi) is 4.29. The zero-order valence-corrected chi connectivity index (χ0v) is 13.4. The summed E-state index contributed by atoms with van der Waals surface area (Å²) in [6, 6.07) is 10.8. The molecule has 2 aliphatic rings. The lowest BCUT2D eigenvalue weighted by molar-refractivity contribution is -0.126. The van der Waals surface area contributed by atoms with Crippen molar-refractivity contribution in [1.82, 2.24) is 31.7 Å². The van der Waals surface area contributed by atoms with Gasteiger partial charge in [-0.05, 0) is 24.8 Å². The number of rotatable bonds is 4. The molecule has 2 heterocycles. The Hall–Kier alpha value is -2.22. The van der Waals surface area contributed by atoms with E-state index in [1.54, 1.807) is 0 Å². The van der Waals surface area contributed by atoms with Crippen LogP contribution in [0.1, 0.15) is 25.1 Å². The van der Waals surface area contributed by atoms with Crippen LogP contribution in [0.25, 0.3) is 11.3 Å². The molecule has 0 bridgehead atoms. The van der Waals surface area contributed by atoms with Crippen molar-refractivity contribution < 1.29 is 4.79 Å². The van der Waals surface area contributed by atoms with Crippen molar-refractivity contribution in [2.45, 2.75) is 37.9 Å². The number of nitrogens with one attached hydrogen (secondary N) is 5. The van der Waals surface area contributed by atoms with Crippen LogP contribution in [-0.2, 0) is 11.3 Å². The van der Waals surface area contributed by atoms with Gasteiger partial charge < -0.3 is 10.3 Å². The molecule has 1 aromatic carbocycles. The number of benzene rings is 1. The van der Waals surface area contributed by atoms with Gasteiger partial charge in [-0.2, -0.15) is 5.53 Å². The topological polar surface area (TPSA) is 93.9 Å². The highest BCUT2D eigenvalue weighted by molar-refractivity contribution is 5.78. The lowest BCUT2D eigenvalue weighted by atomic mass is 9.82. The minimum atomic E-state index is 0.0593. The number of aromatic amines is 1. The molecule has 1 aliphatic heterocycles. The maximum atomic E-state index is 12.4. The molecule has 1 saturated carbocycles. The van der Waals surface area contributed by atoms with Gasteiger partial charge in [-0.3, -0.25) is 4.79 Å². The van der Waals surface area contributed by atoms with E-state index in [4.69, 9.17) is 0 Å². The molecular weight excluding hydrogens is 304 g/mol. The molecule has 1 aliphatic carbocycles. The first-order chi connectivity index (χ1) is 11.8. The molecule has 1 aromatic heterocycles. The first-order valence-corrected chi connectivity index (χ1v) is 8.42. The molecule has 126 valence electrons. The summed E-state index contributed by atoms with van der Waals surface area (Å²) in [7, 11) is 0. The Morgan fingerprint density at radius 1 is 1.17 bits per heavy atom. The number of amides is 1. The van der Waals surface area contributed by atoms with Crippen molar-refractivity contribution in [3.05, 3.63) is 42.4 Å². The summed E-state index contributed by atoms with van der Waals surface area (Å²) in [5.74, 6) is 0.946. The van der Waals surface area contributed by atoms with Gasteiger partial charge >= 0.3 is 0 Å². The third-order valence-corrected chi connectivity index (χ3v) is 4.88. The van der Waals surface area contributed by atoms with Crippen LogP contribution in [0.15, 0.2) is 36.5 Å². The number of carbonyl (C=O) groups excluding carboxylic acids is 1. The van der Waals surface area contributed by atoms with Crippen LogP contribution in [0.3, 0.4) is 0 Å². The molecule has 3 unspecified atom stereocenters.